The molecule has 0 aromatic heterocycles. The van der Waals surface area contributed by atoms with Crippen LogP contribution in [-0.4, -0.2) is 11.8 Å². The molecule has 0 unspecified atom stereocenters. The molecule has 1 N–H and O–H groups in total. The number of anilines is 1. The molecule has 0 bridgehead atoms. The first-order valence-corrected chi connectivity index (χ1v) is 10.8. The summed E-state index contributed by atoms with van der Waals surface area (Å²) in [5.74, 6) is -0.352. The number of hydrogen-bond donors (Lipinski definition) is 1. The lowest BCUT2D eigenvalue weighted by atomic mass is 10.1. The van der Waals surface area contributed by atoms with Gasteiger partial charge in [0, 0.05) is 0 Å². The summed E-state index contributed by atoms with van der Waals surface area (Å²) in [6.07, 6.45) is 1.53. The molecule has 5 nitrogen and oxygen atoms in total. The van der Waals surface area contributed by atoms with Gasteiger partial charge < -0.3 is 4.74 Å². The van der Waals surface area contributed by atoms with Crippen molar-refractivity contribution in [2.24, 2.45) is 0 Å². The minimum absolute atomic E-state index is 0.0411. The van der Waals surface area contributed by atoms with Crippen molar-refractivity contribution in [2.45, 2.75) is 6.61 Å². The quantitative estimate of drug-likeness (QED) is 0.318. The molecule has 0 atom stereocenters. The van der Waals surface area contributed by atoms with E-state index in [1.807, 2.05) is 30.3 Å². The molecule has 2 amide bonds. The van der Waals surface area contributed by atoms with E-state index in [1.54, 1.807) is 42.5 Å². The van der Waals surface area contributed by atoms with Crippen LogP contribution in [0.4, 0.5) is 5.69 Å². The van der Waals surface area contributed by atoms with Crippen molar-refractivity contribution in [1.29, 1.82) is 0 Å². The Morgan fingerprint density at radius 1 is 0.879 bits per heavy atom. The number of carbonyl (C=O) groups is 2. The predicted molar refractivity (Wildman–Crippen MR) is 130 cm³/mol. The van der Waals surface area contributed by atoms with Crippen LogP contribution < -0.4 is 15.2 Å². The highest BCUT2D eigenvalue weighted by molar-refractivity contribution is 6.33. The molecule has 1 fully saturated rings. The molecule has 0 saturated carbocycles. The number of ether oxygens (including phenoxy) is 1. The summed E-state index contributed by atoms with van der Waals surface area (Å²) in [7, 11) is 0. The molecular formula is C27H19ClN2O3. The molecule has 0 radical (unpaired) electrons. The summed E-state index contributed by atoms with van der Waals surface area (Å²) in [6.45, 7) is 0.369. The maximum Gasteiger partial charge on any atom is 0.282 e. The molecule has 0 aliphatic carbocycles. The third-order valence-corrected chi connectivity index (χ3v) is 5.73. The first kappa shape index (κ1) is 20.8. The van der Waals surface area contributed by atoms with Crippen molar-refractivity contribution in [3.63, 3.8) is 0 Å². The van der Waals surface area contributed by atoms with Crippen LogP contribution in [0.2, 0.25) is 5.02 Å². The Kier molecular flexibility index (Phi) is 5.55. The normalized spacial score (nSPS) is 14.7. The summed E-state index contributed by atoms with van der Waals surface area (Å²) in [5, 5.41) is 3.91. The smallest absolute Gasteiger partial charge is 0.282 e. The molecule has 33 heavy (non-hydrogen) atoms. The Labute approximate surface area is 195 Å². The van der Waals surface area contributed by atoms with Crippen LogP contribution in [0.25, 0.3) is 16.8 Å². The number of halogens is 1. The average molecular weight is 455 g/mol. The van der Waals surface area contributed by atoms with Crippen LogP contribution in [0.15, 0.2) is 96.6 Å². The van der Waals surface area contributed by atoms with Crippen molar-refractivity contribution >= 4 is 46.0 Å². The minimum Gasteiger partial charge on any atom is -0.487 e. The molecule has 5 rings (SSSR count). The first-order chi connectivity index (χ1) is 16.1. The molecule has 1 aliphatic rings. The third-order valence-electron chi connectivity index (χ3n) is 5.44. The highest BCUT2D eigenvalue weighted by Gasteiger charge is 2.34. The van der Waals surface area contributed by atoms with Crippen LogP contribution in [0.1, 0.15) is 11.1 Å². The number of fused-ring (bicyclic) bond motifs is 1. The molecule has 1 saturated heterocycles. The van der Waals surface area contributed by atoms with Gasteiger partial charge in [0.25, 0.3) is 11.8 Å². The molecule has 1 heterocycles. The van der Waals surface area contributed by atoms with E-state index in [4.69, 9.17) is 16.3 Å². The van der Waals surface area contributed by atoms with Gasteiger partial charge in [-0.3, -0.25) is 15.0 Å². The second kappa shape index (κ2) is 8.81. The zero-order chi connectivity index (χ0) is 22.8. The molecule has 6 heteroatoms. The maximum absolute atomic E-state index is 12.8. The van der Waals surface area contributed by atoms with Crippen molar-refractivity contribution in [2.75, 3.05) is 5.01 Å². The molecule has 162 valence electrons. The van der Waals surface area contributed by atoms with E-state index < -0.39 is 11.8 Å². The fourth-order valence-corrected chi connectivity index (χ4v) is 4.02. The van der Waals surface area contributed by atoms with E-state index in [2.05, 4.69) is 23.6 Å². The summed E-state index contributed by atoms with van der Waals surface area (Å²) in [4.78, 5) is 25.1. The molecule has 4 aromatic rings. The molecule has 0 spiro atoms. The van der Waals surface area contributed by atoms with Crippen LogP contribution in [0, 0.1) is 0 Å². The number of nitrogens with one attached hydrogen (secondary N) is 1. The Balaban J connectivity index is 1.34. The summed E-state index contributed by atoms with van der Waals surface area (Å²) >= 11 is 6.45. The molecule has 4 aromatic carbocycles. The largest absolute Gasteiger partial charge is 0.487 e. The van der Waals surface area contributed by atoms with E-state index in [0.717, 1.165) is 16.3 Å². The van der Waals surface area contributed by atoms with Gasteiger partial charge in [-0.2, -0.15) is 0 Å². The van der Waals surface area contributed by atoms with E-state index >= 15 is 0 Å². The second-order valence-electron chi connectivity index (χ2n) is 7.59. The average Bonchev–Trinajstić information content (AvgIpc) is 3.12. The molecule has 1 aliphatic heterocycles. The minimum atomic E-state index is -0.462. The number of benzene rings is 4. The van der Waals surface area contributed by atoms with Crippen LogP contribution >= 0.6 is 11.6 Å². The summed E-state index contributed by atoms with van der Waals surface area (Å²) in [6, 6.07) is 28.3. The lowest BCUT2D eigenvalue weighted by Crippen LogP contribution is -2.35. The number of nitrogens with zero attached hydrogens (tertiary/aromatic N) is 1. The Bertz CT molecular complexity index is 1390. The fourth-order valence-electron chi connectivity index (χ4n) is 3.78. The van der Waals surface area contributed by atoms with Gasteiger partial charge in [0.05, 0.1) is 10.7 Å². The standard InChI is InChI=1S/C27H19ClN2O3/c28-24-16-18(15-23-26(31)29-30(27(23)32)21-10-2-1-3-11-21)13-14-25(24)33-17-20-9-6-8-19-7-4-5-12-22(19)20/h1-16H,17H2,(H,29,31). The zero-order valence-electron chi connectivity index (χ0n) is 17.5. The maximum atomic E-state index is 12.8. The zero-order valence-corrected chi connectivity index (χ0v) is 18.3. The van der Waals surface area contributed by atoms with E-state index in [-0.39, 0.29) is 5.57 Å². The predicted octanol–water partition coefficient (Wildman–Crippen LogP) is 5.53. The fraction of sp³-hybridized carbons (Fsp3) is 0.0370. The number of amides is 2. The van der Waals surface area contributed by atoms with Gasteiger partial charge >= 0.3 is 0 Å². The van der Waals surface area contributed by atoms with Crippen molar-refractivity contribution in [3.8, 4) is 5.75 Å². The Hall–Kier alpha value is -4.09. The highest BCUT2D eigenvalue weighted by atomic mass is 35.5. The lowest BCUT2D eigenvalue weighted by Gasteiger charge is -2.13. The Morgan fingerprint density at radius 3 is 2.45 bits per heavy atom. The molecular weight excluding hydrogens is 436 g/mol. The third kappa shape index (κ3) is 4.19. The van der Waals surface area contributed by atoms with Gasteiger partial charge in [0.15, 0.2) is 0 Å². The van der Waals surface area contributed by atoms with Gasteiger partial charge in [-0.1, -0.05) is 78.3 Å². The van der Waals surface area contributed by atoms with E-state index in [1.165, 1.54) is 11.1 Å². The first-order valence-electron chi connectivity index (χ1n) is 10.4. The van der Waals surface area contributed by atoms with Crippen molar-refractivity contribution < 1.29 is 14.3 Å². The van der Waals surface area contributed by atoms with Gasteiger partial charge in [-0.15, -0.1) is 0 Å². The summed E-state index contributed by atoms with van der Waals surface area (Å²) in [5.41, 5.74) is 4.91. The monoisotopic (exact) mass is 454 g/mol. The number of para-hydroxylation sites is 1. The topological polar surface area (TPSA) is 58.6 Å². The Morgan fingerprint density at radius 2 is 1.64 bits per heavy atom. The highest BCUT2D eigenvalue weighted by Crippen LogP contribution is 2.29. The van der Waals surface area contributed by atoms with E-state index in [9.17, 15) is 9.59 Å². The lowest BCUT2D eigenvalue weighted by molar-refractivity contribution is -0.117. The van der Waals surface area contributed by atoms with Gasteiger partial charge in [-0.25, -0.2) is 5.01 Å². The number of carbonyl (C=O) groups excluding carboxylic acids is 2. The number of hydrogen-bond acceptors (Lipinski definition) is 3. The van der Waals surface area contributed by atoms with Gasteiger partial charge in [-0.05, 0) is 52.2 Å². The summed E-state index contributed by atoms with van der Waals surface area (Å²) < 4.78 is 5.97. The van der Waals surface area contributed by atoms with Crippen LogP contribution in [-0.2, 0) is 16.2 Å². The number of rotatable bonds is 5. The van der Waals surface area contributed by atoms with Crippen LogP contribution in [0.5, 0.6) is 5.75 Å². The van der Waals surface area contributed by atoms with Gasteiger partial charge in [0.2, 0.25) is 0 Å². The van der Waals surface area contributed by atoms with Crippen molar-refractivity contribution in [3.05, 3.63) is 113 Å². The SMILES string of the molecule is O=C1NN(c2ccccc2)C(=O)C1=Cc1ccc(OCc2cccc3ccccc23)c(Cl)c1. The number of hydrazine groups is 1. The van der Waals surface area contributed by atoms with Crippen molar-refractivity contribution in [1.82, 2.24) is 5.43 Å². The van der Waals surface area contributed by atoms with Crippen LogP contribution in [0.3, 0.4) is 0 Å². The van der Waals surface area contributed by atoms with E-state index in [0.29, 0.717) is 28.6 Å². The second-order valence-corrected chi connectivity index (χ2v) is 8.00. The van der Waals surface area contributed by atoms with Gasteiger partial charge in [0.1, 0.15) is 17.9 Å².